The molecule has 2 aromatic heterocycles. The maximum absolute atomic E-state index is 12.7. The maximum atomic E-state index is 12.7. The summed E-state index contributed by atoms with van der Waals surface area (Å²) in [7, 11) is 1.90. The molecule has 2 aromatic rings. The first-order chi connectivity index (χ1) is 11.6. The number of thioether (sulfide) groups is 1. The van der Waals surface area contributed by atoms with E-state index in [0.29, 0.717) is 12.5 Å². The van der Waals surface area contributed by atoms with Crippen LogP contribution in [0.3, 0.4) is 0 Å². The van der Waals surface area contributed by atoms with Gasteiger partial charge in [0, 0.05) is 62.3 Å². The van der Waals surface area contributed by atoms with Crippen molar-refractivity contribution in [1.82, 2.24) is 29.8 Å². The lowest BCUT2D eigenvalue weighted by atomic mass is 10.1. The van der Waals surface area contributed by atoms with Gasteiger partial charge in [0.1, 0.15) is 0 Å². The average molecular weight is 348 g/mol. The number of carbonyl (C=O) groups is 1. The summed E-state index contributed by atoms with van der Waals surface area (Å²) in [5, 5.41) is 11.5. The first-order valence-corrected chi connectivity index (χ1v) is 9.37. The normalized spacial score (nSPS) is 19.2. The van der Waals surface area contributed by atoms with Crippen molar-refractivity contribution in [3.8, 4) is 0 Å². The van der Waals surface area contributed by atoms with Gasteiger partial charge in [-0.3, -0.25) is 9.36 Å². The molecule has 2 atom stereocenters. The van der Waals surface area contributed by atoms with E-state index >= 15 is 0 Å². The van der Waals surface area contributed by atoms with Gasteiger partial charge >= 0.3 is 6.03 Å². The molecule has 8 heteroatoms. The second kappa shape index (κ2) is 7.74. The van der Waals surface area contributed by atoms with E-state index < -0.39 is 0 Å². The summed E-state index contributed by atoms with van der Waals surface area (Å²) in [5.74, 6) is 2.22. The van der Waals surface area contributed by atoms with E-state index in [-0.39, 0.29) is 12.1 Å². The zero-order valence-corrected chi connectivity index (χ0v) is 14.9. The summed E-state index contributed by atoms with van der Waals surface area (Å²) in [6.07, 6.45) is 7.57. The highest BCUT2D eigenvalue weighted by atomic mass is 32.2. The van der Waals surface area contributed by atoms with Crippen molar-refractivity contribution in [3.05, 3.63) is 36.4 Å². The SMILES string of the molecule is C[C@@H](CNC(=O)N1CCSC[C@@H]1c1cnn(C)c1)Cn1cccn1. The molecule has 0 saturated carbocycles. The number of aromatic nitrogens is 4. The summed E-state index contributed by atoms with van der Waals surface area (Å²) in [6.45, 7) is 4.33. The predicted octanol–water partition coefficient (Wildman–Crippen LogP) is 1.75. The average Bonchev–Trinajstić information content (AvgIpc) is 3.24. The summed E-state index contributed by atoms with van der Waals surface area (Å²) < 4.78 is 3.68. The Morgan fingerprint density at radius 3 is 3.08 bits per heavy atom. The number of amides is 2. The topological polar surface area (TPSA) is 68.0 Å². The van der Waals surface area contributed by atoms with Crippen molar-refractivity contribution in [3.63, 3.8) is 0 Å². The van der Waals surface area contributed by atoms with Crippen LogP contribution >= 0.6 is 11.8 Å². The molecule has 1 N–H and O–H groups in total. The van der Waals surface area contributed by atoms with E-state index in [1.54, 1.807) is 10.9 Å². The highest BCUT2D eigenvalue weighted by Crippen LogP contribution is 2.29. The standard InChI is InChI=1S/C16H24N6OS/c1-13(10-21-5-3-4-18-21)8-17-16(23)22-6-7-24-12-15(22)14-9-19-20(2)11-14/h3-5,9,11,13,15H,6-8,10,12H2,1-2H3,(H,17,23)/t13-,15+/m0/s1. The quantitative estimate of drug-likeness (QED) is 0.894. The number of hydrogen-bond acceptors (Lipinski definition) is 4. The molecule has 1 aliphatic rings. The molecular formula is C16H24N6OS. The number of hydrogen-bond donors (Lipinski definition) is 1. The summed E-state index contributed by atoms with van der Waals surface area (Å²) in [5.41, 5.74) is 1.10. The third-order valence-corrected chi connectivity index (χ3v) is 5.18. The van der Waals surface area contributed by atoms with Crippen molar-refractivity contribution in [2.75, 3.05) is 24.6 Å². The van der Waals surface area contributed by atoms with Crippen LogP contribution in [0.15, 0.2) is 30.9 Å². The van der Waals surface area contributed by atoms with Crippen LogP contribution < -0.4 is 5.32 Å². The van der Waals surface area contributed by atoms with Gasteiger partial charge in [0.2, 0.25) is 0 Å². The van der Waals surface area contributed by atoms with Crippen LogP contribution in [0.25, 0.3) is 0 Å². The molecule has 0 radical (unpaired) electrons. The van der Waals surface area contributed by atoms with Crippen LogP contribution in [0.5, 0.6) is 0 Å². The van der Waals surface area contributed by atoms with E-state index in [1.165, 1.54) is 0 Å². The van der Waals surface area contributed by atoms with Crippen LogP contribution in [0.4, 0.5) is 4.79 Å². The molecule has 0 unspecified atom stereocenters. The first-order valence-electron chi connectivity index (χ1n) is 8.21. The van der Waals surface area contributed by atoms with Gasteiger partial charge < -0.3 is 10.2 Å². The monoisotopic (exact) mass is 348 g/mol. The molecule has 2 amide bonds. The molecule has 1 saturated heterocycles. The fourth-order valence-corrected chi connectivity index (χ4v) is 3.98. The van der Waals surface area contributed by atoms with E-state index in [9.17, 15) is 4.79 Å². The lowest BCUT2D eigenvalue weighted by Gasteiger charge is -2.35. The molecule has 0 bridgehead atoms. The number of rotatable bonds is 5. The van der Waals surface area contributed by atoms with Gasteiger partial charge in [-0.05, 0) is 12.0 Å². The molecule has 0 aliphatic carbocycles. The molecule has 7 nitrogen and oxygen atoms in total. The minimum absolute atomic E-state index is 0.0106. The smallest absolute Gasteiger partial charge is 0.317 e. The molecule has 130 valence electrons. The number of aryl methyl sites for hydroxylation is 1. The summed E-state index contributed by atoms with van der Waals surface area (Å²) >= 11 is 1.89. The number of nitrogens with zero attached hydrogens (tertiary/aromatic N) is 5. The highest BCUT2D eigenvalue weighted by Gasteiger charge is 2.29. The molecule has 0 spiro atoms. The van der Waals surface area contributed by atoms with Gasteiger partial charge in [-0.25, -0.2) is 4.79 Å². The van der Waals surface area contributed by atoms with Crippen molar-refractivity contribution in [1.29, 1.82) is 0 Å². The minimum atomic E-state index is 0.0106. The third kappa shape index (κ3) is 4.11. The van der Waals surface area contributed by atoms with Crippen molar-refractivity contribution < 1.29 is 4.79 Å². The Kier molecular flexibility index (Phi) is 5.44. The highest BCUT2D eigenvalue weighted by molar-refractivity contribution is 7.99. The Bertz CT molecular complexity index is 655. The van der Waals surface area contributed by atoms with Crippen LogP contribution in [0.1, 0.15) is 18.5 Å². The number of nitrogens with one attached hydrogen (secondary N) is 1. The van der Waals surface area contributed by atoms with Gasteiger partial charge in [0.05, 0.1) is 12.2 Å². The fraction of sp³-hybridized carbons (Fsp3) is 0.562. The van der Waals surface area contributed by atoms with Crippen LogP contribution in [0.2, 0.25) is 0 Å². The predicted molar refractivity (Wildman–Crippen MR) is 94.8 cm³/mol. The van der Waals surface area contributed by atoms with Gasteiger partial charge in [-0.2, -0.15) is 22.0 Å². The number of urea groups is 1. The second-order valence-corrected chi connectivity index (χ2v) is 7.40. The summed E-state index contributed by atoms with van der Waals surface area (Å²) in [4.78, 5) is 14.6. The zero-order chi connectivity index (χ0) is 16.9. The van der Waals surface area contributed by atoms with Gasteiger partial charge in [-0.15, -0.1) is 0 Å². The molecule has 0 aromatic carbocycles. The molecule has 3 rings (SSSR count). The largest absolute Gasteiger partial charge is 0.338 e. The minimum Gasteiger partial charge on any atom is -0.338 e. The molecule has 1 fully saturated rings. The summed E-state index contributed by atoms with van der Waals surface area (Å²) in [6, 6.07) is 2.02. The van der Waals surface area contributed by atoms with Crippen molar-refractivity contribution in [2.45, 2.75) is 19.5 Å². The Morgan fingerprint density at radius 2 is 2.38 bits per heavy atom. The lowest BCUT2D eigenvalue weighted by molar-refractivity contribution is 0.180. The van der Waals surface area contributed by atoms with E-state index in [2.05, 4.69) is 22.4 Å². The van der Waals surface area contributed by atoms with E-state index in [1.807, 2.05) is 53.0 Å². The Labute approximate surface area is 146 Å². The molecule has 24 heavy (non-hydrogen) atoms. The van der Waals surface area contributed by atoms with E-state index in [0.717, 1.165) is 30.2 Å². The van der Waals surface area contributed by atoms with Gasteiger partial charge in [-0.1, -0.05) is 6.92 Å². The maximum Gasteiger partial charge on any atom is 0.317 e. The molecule has 3 heterocycles. The van der Waals surface area contributed by atoms with Crippen molar-refractivity contribution in [2.24, 2.45) is 13.0 Å². The third-order valence-electron chi connectivity index (χ3n) is 4.16. The Hall–Kier alpha value is -1.96. The van der Waals surface area contributed by atoms with Crippen LogP contribution in [-0.2, 0) is 13.6 Å². The van der Waals surface area contributed by atoms with Crippen LogP contribution in [0, 0.1) is 5.92 Å². The van der Waals surface area contributed by atoms with E-state index in [4.69, 9.17) is 0 Å². The number of carbonyl (C=O) groups excluding carboxylic acids is 1. The van der Waals surface area contributed by atoms with Crippen molar-refractivity contribution >= 4 is 17.8 Å². The second-order valence-electron chi connectivity index (χ2n) is 6.25. The van der Waals surface area contributed by atoms with Crippen LogP contribution in [-0.4, -0.2) is 55.1 Å². The van der Waals surface area contributed by atoms with Gasteiger partial charge in [0.25, 0.3) is 0 Å². The first kappa shape index (κ1) is 16.9. The zero-order valence-electron chi connectivity index (χ0n) is 14.1. The molecular weight excluding hydrogens is 324 g/mol. The Morgan fingerprint density at radius 1 is 1.50 bits per heavy atom. The lowest BCUT2D eigenvalue weighted by Crippen LogP contribution is -2.47. The van der Waals surface area contributed by atoms with Gasteiger partial charge in [0.15, 0.2) is 0 Å². The fourth-order valence-electron chi connectivity index (χ4n) is 2.89. The Balaban J connectivity index is 1.56. The molecule has 1 aliphatic heterocycles.